The lowest BCUT2D eigenvalue weighted by Gasteiger charge is -1.97. The van der Waals surface area contributed by atoms with Gasteiger partial charge in [0.1, 0.15) is 0 Å². The largest absolute Gasteiger partial charge is 0.352 e. The highest BCUT2D eigenvalue weighted by atomic mass is 32.1. The molecule has 2 aromatic heterocycles. The fourth-order valence-corrected chi connectivity index (χ4v) is 1.93. The van der Waals surface area contributed by atoms with E-state index in [1.165, 1.54) is 21.8 Å². The van der Waals surface area contributed by atoms with E-state index in [1.807, 2.05) is 0 Å². The van der Waals surface area contributed by atoms with Crippen LogP contribution >= 0.6 is 11.3 Å². The summed E-state index contributed by atoms with van der Waals surface area (Å²) in [5.41, 5.74) is 4.09. The van der Waals surface area contributed by atoms with Crippen molar-refractivity contribution in [2.45, 2.75) is 27.7 Å². The number of hydrogen-bond donors (Lipinski definition) is 0. The van der Waals surface area contributed by atoms with Crippen molar-refractivity contribution < 1.29 is 0 Å². The van der Waals surface area contributed by atoms with Crippen LogP contribution in [0.2, 0.25) is 0 Å². The molecule has 0 spiro atoms. The van der Waals surface area contributed by atoms with Gasteiger partial charge in [0.2, 0.25) is 0 Å². The second-order valence-corrected chi connectivity index (χ2v) is 4.99. The van der Waals surface area contributed by atoms with E-state index in [9.17, 15) is 0 Å². The van der Waals surface area contributed by atoms with Gasteiger partial charge in [-0.05, 0) is 50.8 Å². The van der Waals surface area contributed by atoms with Crippen molar-refractivity contribution in [3.63, 3.8) is 0 Å². The summed E-state index contributed by atoms with van der Waals surface area (Å²) >= 11 is 1.78. The van der Waals surface area contributed by atoms with Crippen molar-refractivity contribution in [1.82, 2.24) is 4.57 Å². The van der Waals surface area contributed by atoms with Gasteiger partial charge in [-0.1, -0.05) is 6.07 Å². The van der Waals surface area contributed by atoms with Crippen LogP contribution in [0.4, 0.5) is 0 Å². The Kier molecular flexibility index (Phi) is 4.15. The molecule has 15 heavy (non-hydrogen) atoms. The zero-order valence-corrected chi connectivity index (χ0v) is 11.0. The van der Waals surface area contributed by atoms with Crippen LogP contribution in [0.15, 0.2) is 23.6 Å². The Morgan fingerprint density at radius 1 is 1.13 bits per heavy atom. The molecule has 2 heterocycles. The van der Waals surface area contributed by atoms with Gasteiger partial charge in [0, 0.05) is 23.3 Å². The van der Waals surface area contributed by atoms with Gasteiger partial charge >= 0.3 is 0 Å². The molecule has 2 aromatic rings. The summed E-state index contributed by atoms with van der Waals surface area (Å²) in [6, 6.07) is 6.36. The van der Waals surface area contributed by atoms with Crippen LogP contribution in [-0.2, 0) is 7.05 Å². The fourth-order valence-electron chi connectivity index (χ4n) is 1.40. The number of aromatic nitrogens is 1. The predicted octanol–water partition coefficient (Wildman–Crippen LogP) is 4.01. The van der Waals surface area contributed by atoms with Crippen LogP contribution in [0.25, 0.3) is 0 Å². The third kappa shape index (κ3) is 3.24. The first-order valence-electron chi connectivity index (χ1n) is 5.12. The minimum absolute atomic E-state index is 1.34. The highest BCUT2D eigenvalue weighted by molar-refractivity contribution is 7.09. The van der Waals surface area contributed by atoms with E-state index in [4.69, 9.17) is 0 Å². The monoisotopic (exact) mass is 221 g/mol. The first-order valence-corrected chi connectivity index (χ1v) is 6.00. The number of rotatable bonds is 0. The van der Waals surface area contributed by atoms with Gasteiger partial charge in [0.05, 0.1) is 0 Å². The third-order valence-electron chi connectivity index (χ3n) is 2.69. The summed E-state index contributed by atoms with van der Waals surface area (Å²) in [5, 5.41) is 2.08. The van der Waals surface area contributed by atoms with Crippen molar-refractivity contribution in [3.05, 3.63) is 45.4 Å². The summed E-state index contributed by atoms with van der Waals surface area (Å²) in [6.07, 6.45) is 0. The minimum Gasteiger partial charge on any atom is -0.352 e. The Labute approximate surface area is 96.4 Å². The van der Waals surface area contributed by atoms with E-state index >= 15 is 0 Å². The Balaban J connectivity index is 0.000000162. The molecule has 1 nitrogen and oxygen atoms in total. The van der Waals surface area contributed by atoms with Crippen LogP contribution in [0, 0.1) is 27.7 Å². The highest BCUT2D eigenvalue weighted by Crippen LogP contribution is 2.10. The molecule has 0 N–H and O–H groups in total. The second-order valence-electron chi connectivity index (χ2n) is 3.84. The Morgan fingerprint density at radius 2 is 1.80 bits per heavy atom. The standard InChI is InChI=1S/C8H13N.C5H6S/c1-6-5-7(2)9(4)8(6)3;1-5-3-2-4-6-5/h5H,1-4H3;2-4H,1H3. The van der Waals surface area contributed by atoms with Crippen LogP contribution in [0.3, 0.4) is 0 Å². The van der Waals surface area contributed by atoms with Gasteiger partial charge < -0.3 is 4.57 Å². The van der Waals surface area contributed by atoms with Gasteiger partial charge in [-0.15, -0.1) is 11.3 Å². The van der Waals surface area contributed by atoms with E-state index in [2.05, 4.69) is 62.9 Å². The molecule has 0 amide bonds. The molecule has 0 radical (unpaired) electrons. The van der Waals surface area contributed by atoms with Gasteiger partial charge in [-0.3, -0.25) is 0 Å². The summed E-state index contributed by atoms with van der Waals surface area (Å²) in [7, 11) is 2.09. The van der Waals surface area contributed by atoms with E-state index in [1.54, 1.807) is 11.3 Å². The molecular weight excluding hydrogens is 202 g/mol. The molecule has 0 aliphatic heterocycles. The van der Waals surface area contributed by atoms with Crippen LogP contribution in [0.5, 0.6) is 0 Å². The Bertz CT molecular complexity index is 387. The summed E-state index contributed by atoms with van der Waals surface area (Å²) in [5.74, 6) is 0. The predicted molar refractivity (Wildman–Crippen MR) is 68.7 cm³/mol. The maximum absolute atomic E-state index is 2.20. The molecular formula is C13H19NS. The molecule has 0 aromatic carbocycles. The first-order chi connectivity index (χ1) is 7.02. The number of aryl methyl sites for hydroxylation is 3. The van der Waals surface area contributed by atoms with Gasteiger partial charge in [-0.2, -0.15) is 0 Å². The molecule has 0 fully saturated rings. The number of thiophene rings is 1. The molecule has 2 rings (SSSR count). The molecule has 0 atom stereocenters. The minimum atomic E-state index is 1.34. The van der Waals surface area contributed by atoms with Crippen molar-refractivity contribution in [2.24, 2.45) is 7.05 Å². The average Bonchev–Trinajstić information content (AvgIpc) is 2.73. The second kappa shape index (κ2) is 5.17. The van der Waals surface area contributed by atoms with Crippen LogP contribution in [0.1, 0.15) is 21.8 Å². The van der Waals surface area contributed by atoms with Gasteiger partial charge in [0.15, 0.2) is 0 Å². The van der Waals surface area contributed by atoms with Crippen molar-refractivity contribution in [1.29, 1.82) is 0 Å². The van der Waals surface area contributed by atoms with E-state index in [-0.39, 0.29) is 0 Å². The summed E-state index contributed by atoms with van der Waals surface area (Å²) in [4.78, 5) is 1.38. The van der Waals surface area contributed by atoms with Crippen LogP contribution < -0.4 is 0 Å². The lowest BCUT2D eigenvalue weighted by molar-refractivity contribution is 0.840. The zero-order chi connectivity index (χ0) is 11.4. The SMILES string of the molecule is Cc1cc(C)n(C)c1C.Cc1cccs1. The maximum Gasteiger partial charge on any atom is 0.0172 e. The zero-order valence-electron chi connectivity index (χ0n) is 10.2. The number of nitrogens with zero attached hydrogens (tertiary/aromatic N) is 1. The summed E-state index contributed by atoms with van der Waals surface area (Å²) < 4.78 is 2.20. The fraction of sp³-hybridized carbons (Fsp3) is 0.385. The van der Waals surface area contributed by atoms with Gasteiger partial charge in [-0.25, -0.2) is 0 Å². The van der Waals surface area contributed by atoms with E-state index in [0.717, 1.165) is 0 Å². The van der Waals surface area contributed by atoms with E-state index < -0.39 is 0 Å². The van der Waals surface area contributed by atoms with Crippen molar-refractivity contribution in [2.75, 3.05) is 0 Å². The smallest absolute Gasteiger partial charge is 0.0172 e. The molecule has 0 unspecified atom stereocenters. The average molecular weight is 221 g/mol. The summed E-state index contributed by atoms with van der Waals surface area (Å²) in [6.45, 7) is 8.51. The molecule has 0 aliphatic carbocycles. The quantitative estimate of drug-likeness (QED) is 0.633. The lowest BCUT2D eigenvalue weighted by atomic mass is 10.3. The third-order valence-corrected chi connectivity index (χ3v) is 3.49. The number of hydrogen-bond acceptors (Lipinski definition) is 1. The molecule has 0 aliphatic rings. The topological polar surface area (TPSA) is 4.93 Å². The first kappa shape index (κ1) is 12.1. The van der Waals surface area contributed by atoms with E-state index in [0.29, 0.717) is 0 Å². The normalized spacial score (nSPS) is 9.67. The Morgan fingerprint density at radius 3 is 1.93 bits per heavy atom. The van der Waals surface area contributed by atoms with Gasteiger partial charge in [0.25, 0.3) is 0 Å². The molecule has 2 heteroatoms. The van der Waals surface area contributed by atoms with Crippen molar-refractivity contribution in [3.8, 4) is 0 Å². The molecule has 0 bridgehead atoms. The molecule has 0 saturated carbocycles. The maximum atomic E-state index is 2.20. The lowest BCUT2D eigenvalue weighted by Crippen LogP contribution is -1.92. The molecule has 0 saturated heterocycles. The Hall–Kier alpha value is -1.02. The van der Waals surface area contributed by atoms with Crippen LogP contribution in [-0.4, -0.2) is 4.57 Å². The van der Waals surface area contributed by atoms with Crippen molar-refractivity contribution >= 4 is 11.3 Å². The highest BCUT2D eigenvalue weighted by Gasteiger charge is 1.98. The molecule has 82 valence electrons.